The minimum absolute atomic E-state index is 0.00243. The molecule has 19 heavy (non-hydrogen) atoms. The first-order chi connectivity index (χ1) is 8.97. The summed E-state index contributed by atoms with van der Waals surface area (Å²) >= 11 is 0. The van der Waals surface area contributed by atoms with Crippen LogP contribution < -0.4 is 0 Å². The second-order valence-corrected chi connectivity index (χ2v) is 4.73. The Labute approximate surface area is 109 Å². The van der Waals surface area contributed by atoms with E-state index in [4.69, 9.17) is 4.74 Å². The van der Waals surface area contributed by atoms with E-state index in [0.717, 1.165) is 12.1 Å². The zero-order chi connectivity index (χ0) is 13.9. The highest BCUT2D eigenvalue weighted by Crippen LogP contribution is 2.30. The van der Waals surface area contributed by atoms with Gasteiger partial charge in [0.05, 0.1) is 5.56 Å². The van der Waals surface area contributed by atoms with Crippen LogP contribution in [0.1, 0.15) is 24.0 Å². The largest absolute Gasteiger partial charge is 0.416 e. The summed E-state index contributed by atoms with van der Waals surface area (Å²) in [5.41, 5.74) is -0.281. The van der Waals surface area contributed by atoms with E-state index >= 15 is 0 Å². The van der Waals surface area contributed by atoms with Gasteiger partial charge in [0.2, 0.25) is 0 Å². The lowest BCUT2D eigenvalue weighted by molar-refractivity contribution is -0.137. The van der Waals surface area contributed by atoms with E-state index in [1.807, 2.05) is 0 Å². The van der Waals surface area contributed by atoms with Crippen LogP contribution in [0.4, 0.5) is 13.2 Å². The number of carbonyl (C=O) groups excluding carboxylic acids is 1. The highest BCUT2D eigenvalue weighted by Gasteiger charge is 2.30. The summed E-state index contributed by atoms with van der Waals surface area (Å²) in [4.78, 5) is 12.0. The van der Waals surface area contributed by atoms with E-state index < -0.39 is 11.7 Å². The Balaban J connectivity index is 2.04. The second-order valence-electron chi connectivity index (χ2n) is 4.73. The molecular weight excluding hydrogens is 257 g/mol. The fraction of sp³-hybridized carbons (Fsp3) is 0.500. The number of hydrogen-bond donors (Lipinski definition) is 0. The van der Waals surface area contributed by atoms with Gasteiger partial charge in [-0.05, 0) is 24.5 Å². The first kappa shape index (κ1) is 14.1. The summed E-state index contributed by atoms with van der Waals surface area (Å²) in [5.74, 6) is -0.0779. The van der Waals surface area contributed by atoms with E-state index in [1.54, 1.807) is 6.07 Å². The molecule has 0 amide bonds. The summed E-state index contributed by atoms with van der Waals surface area (Å²) in [5, 5.41) is 0. The van der Waals surface area contributed by atoms with Gasteiger partial charge >= 0.3 is 6.18 Å². The summed E-state index contributed by atoms with van der Waals surface area (Å²) in [7, 11) is 0. The van der Waals surface area contributed by atoms with Gasteiger partial charge in [0.25, 0.3) is 0 Å². The van der Waals surface area contributed by atoms with Gasteiger partial charge in [0, 0.05) is 25.6 Å². The van der Waals surface area contributed by atoms with Crippen molar-refractivity contribution in [3.05, 3.63) is 35.4 Å². The van der Waals surface area contributed by atoms with Gasteiger partial charge in [0.15, 0.2) is 0 Å². The Hall–Kier alpha value is -1.36. The number of ether oxygens (including phenoxy) is 1. The topological polar surface area (TPSA) is 26.3 Å². The predicted octanol–water partition coefficient (Wildman–Crippen LogP) is 3.24. The van der Waals surface area contributed by atoms with Crippen molar-refractivity contribution in [1.82, 2.24) is 0 Å². The molecule has 0 atom stereocenters. The van der Waals surface area contributed by atoms with Crippen LogP contribution in [-0.4, -0.2) is 19.0 Å². The summed E-state index contributed by atoms with van der Waals surface area (Å²) in [6.45, 7) is 1.11. The van der Waals surface area contributed by atoms with Crippen LogP contribution in [0.5, 0.6) is 0 Å². The lowest BCUT2D eigenvalue weighted by Gasteiger charge is -2.20. The molecule has 0 aliphatic carbocycles. The Bertz CT molecular complexity index is 448. The monoisotopic (exact) mass is 272 g/mol. The molecule has 0 radical (unpaired) electrons. The Kier molecular flexibility index (Phi) is 4.24. The maximum absolute atomic E-state index is 12.6. The molecule has 0 unspecified atom stereocenters. The molecule has 0 spiro atoms. The van der Waals surface area contributed by atoms with Crippen molar-refractivity contribution in [2.24, 2.45) is 5.92 Å². The molecule has 0 N–H and O–H groups in total. The van der Waals surface area contributed by atoms with Crippen LogP contribution in [-0.2, 0) is 22.1 Å². The van der Waals surface area contributed by atoms with Crippen molar-refractivity contribution in [2.45, 2.75) is 25.4 Å². The molecule has 5 heteroatoms. The van der Waals surface area contributed by atoms with Crippen molar-refractivity contribution < 1.29 is 22.7 Å². The molecule has 1 aliphatic heterocycles. The molecule has 0 bridgehead atoms. The van der Waals surface area contributed by atoms with Crippen molar-refractivity contribution >= 4 is 5.78 Å². The predicted molar refractivity (Wildman–Crippen MR) is 63.7 cm³/mol. The third-order valence-corrected chi connectivity index (χ3v) is 3.31. The molecule has 2 rings (SSSR count). The molecule has 1 aromatic carbocycles. The minimum atomic E-state index is -4.36. The van der Waals surface area contributed by atoms with E-state index in [9.17, 15) is 18.0 Å². The number of benzene rings is 1. The number of hydrogen-bond acceptors (Lipinski definition) is 2. The average Bonchev–Trinajstić information content (AvgIpc) is 2.39. The first-order valence-electron chi connectivity index (χ1n) is 6.23. The van der Waals surface area contributed by atoms with E-state index in [1.165, 1.54) is 6.07 Å². The molecule has 0 aromatic heterocycles. The summed E-state index contributed by atoms with van der Waals surface area (Å²) < 4.78 is 42.8. The van der Waals surface area contributed by atoms with Crippen molar-refractivity contribution in [2.75, 3.05) is 13.2 Å². The van der Waals surface area contributed by atoms with Crippen LogP contribution in [0.2, 0.25) is 0 Å². The Morgan fingerprint density at radius 1 is 1.26 bits per heavy atom. The van der Waals surface area contributed by atoms with Crippen molar-refractivity contribution in [1.29, 1.82) is 0 Å². The highest BCUT2D eigenvalue weighted by atomic mass is 19.4. The Morgan fingerprint density at radius 3 is 2.58 bits per heavy atom. The summed E-state index contributed by atoms with van der Waals surface area (Å²) in [6, 6.07) is 4.97. The third kappa shape index (κ3) is 3.80. The quantitative estimate of drug-likeness (QED) is 0.844. The van der Waals surface area contributed by atoms with Gasteiger partial charge in [0.1, 0.15) is 5.78 Å². The SMILES string of the molecule is O=C(Cc1cccc(C(F)(F)F)c1)C1CCOCC1. The van der Waals surface area contributed by atoms with Crippen LogP contribution in [0, 0.1) is 5.92 Å². The van der Waals surface area contributed by atoms with Gasteiger partial charge in [-0.3, -0.25) is 4.79 Å². The van der Waals surface area contributed by atoms with Crippen LogP contribution >= 0.6 is 0 Å². The van der Waals surface area contributed by atoms with E-state index in [2.05, 4.69) is 0 Å². The van der Waals surface area contributed by atoms with Gasteiger partial charge in [-0.2, -0.15) is 13.2 Å². The molecule has 1 heterocycles. The van der Waals surface area contributed by atoms with Gasteiger partial charge in [-0.25, -0.2) is 0 Å². The molecule has 1 saturated heterocycles. The minimum Gasteiger partial charge on any atom is -0.381 e. The number of alkyl halides is 3. The van der Waals surface area contributed by atoms with Gasteiger partial charge in [-0.1, -0.05) is 18.2 Å². The lowest BCUT2D eigenvalue weighted by atomic mass is 9.91. The van der Waals surface area contributed by atoms with Crippen LogP contribution in [0.3, 0.4) is 0 Å². The van der Waals surface area contributed by atoms with E-state index in [-0.39, 0.29) is 18.1 Å². The standard InChI is InChI=1S/C14H15F3O2/c15-14(16,17)12-3-1-2-10(8-12)9-13(18)11-4-6-19-7-5-11/h1-3,8,11H,4-7,9H2. The average molecular weight is 272 g/mol. The first-order valence-corrected chi connectivity index (χ1v) is 6.23. The number of carbonyl (C=O) groups is 1. The third-order valence-electron chi connectivity index (χ3n) is 3.31. The molecule has 0 saturated carbocycles. The Morgan fingerprint density at radius 2 is 1.95 bits per heavy atom. The van der Waals surface area contributed by atoms with Crippen molar-refractivity contribution in [3.63, 3.8) is 0 Å². The fourth-order valence-electron chi connectivity index (χ4n) is 2.22. The molecule has 104 valence electrons. The number of ketones is 1. The second kappa shape index (κ2) is 5.74. The molecule has 1 fully saturated rings. The highest BCUT2D eigenvalue weighted by molar-refractivity contribution is 5.83. The lowest BCUT2D eigenvalue weighted by Crippen LogP contribution is -2.24. The number of Topliss-reactive ketones (excluding diaryl/α,β-unsaturated/α-hetero) is 1. The number of rotatable bonds is 3. The van der Waals surface area contributed by atoms with Crippen LogP contribution in [0.25, 0.3) is 0 Å². The number of halogens is 3. The zero-order valence-electron chi connectivity index (χ0n) is 10.4. The zero-order valence-corrected chi connectivity index (χ0v) is 10.4. The van der Waals surface area contributed by atoms with Gasteiger partial charge in [-0.15, -0.1) is 0 Å². The van der Waals surface area contributed by atoms with Crippen LogP contribution in [0.15, 0.2) is 24.3 Å². The maximum atomic E-state index is 12.6. The van der Waals surface area contributed by atoms with Crippen molar-refractivity contribution in [3.8, 4) is 0 Å². The smallest absolute Gasteiger partial charge is 0.381 e. The normalized spacial score (nSPS) is 17.4. The van der Waals surface area contributed by atoms with E-state index in [0.29, 0.717) is 31.6 Å². The molecular formula is C14H15F3O2. The molecule has 1 aromatic rings. The maximum Gasteiger partial charge on any atom is 0.416 e. The molecule has 1 aliphatic rings. The van der Waals surface area contributed by atoms with Gasteiger partial charge < -0.3 is 4.74 Å². The molecule has 2 nitrogen and oxygen atoms in total. The summed E-state index contributed by atoms with van der Waals surface area (Å²) in [6.07, 6.45) is -2.97. The fourth-order valence-corrected chi connectivity index (χ4v) is 2.22.